The van der Waals surface area contributed by atoms with Crippen LogP contribution in [0.1, 0.15) is 51.2 Å². The molecule has 0 spiro atoms. The van der Waals surface area contributed by atoms with Gasteiger partial charge in [0.1, 0.15) is 11.5 Å². The highest BCUT2D eigenvalue weighted by molar-refractivity contribution is 6.05. The van der Waals surface area contributed by atoms with Crippen LogP contribution in [0.4, 0.5) is 5.82 Å². The molecule has 1 aromatic rings. The number of carbonyl (C=O) groups is 1. The Hall–Kier alpha value is -2.44. The number of aryl methyl sites for hydroxylation is 1. The SMILES string of the molecule is C/C=C\C(=N/O)c1nc2c(c(N(C)CC(=O)NC(C)(C)C)n1)CCC2. The van der Waals surface area contributed by atoms with Crippen molar-refractivity contribution < 1.29 is 10.0 Å². The first-order valence-electron chi connectivity index (χ1n) is 8.52. The van der Waals surface area contributed by atoms with Gasteiger partial charge in [-0.1, -0.05) is 11.2 Å². The van der Waals surface area contributed by atoms with E-state index in [2.05, 4.69) is 20.4 Å². The van der Waals surface area contributed by atoms with E-state index in [1.165, 1.54) is 0 Å². The lowest BCUT2D eigenvalue weighted by molar-refractivity contribution is -0.121. The molecule has 0 unspecified atom stereocenters. The predicted octanol–water partition coefficient (Wildman–Crippen LogP) is 2.07. The summed E-state index contributed by atoms with van der Waals surface area (Å²) in [6.45, 7) is 7.89. The van der Waals surface area contributed by atoms with Crippen molar-refractivity contribution >= 4 is 17.4 Å². The largest absolute Gasteiger partial charge is 0.410 e. The number of allylic oxidation sites excluding steroid dienone is 2. The fourth-order valence-electron chi connectivity index (χ4n) is 2.90. The van der Waals surface area contributed by atoms with Crippen LogP contribution < -0.4 is 10.2 Å². The second kappa shape index (κ2) is 7.63. The van der Waals surface area contributed by atoms with Crippen LogP contribution in [0.25, 0.3) is 0 Å². The minimum atomic E-state index is -0.278. The number of fused-ring (bicyclic) bond motifs is 1. The molecular weight excluding hydrogens is 318 g/mol. The van der Waals surface area contributed by atoms with Gasteiger partial charge in [-0.25, -0.2) is 9.97 Å². The molecule has 7 heteroatoms. The van der Waals surface area contributed by atoms with Crippen molar-refractivity contribution in [2.45, 2.75) is 52.5 Å². The van der Waals surface area contributed by atoms with Crippen molar-refractivity contribution in [3.8, 4) is 0 Å². The molecule has 0 fully saturated rings. The molecule has 0 saturated carbocycles. The smallest absolute Gasteiger partial charge is 0.239 e. The van der Waals surface area contributed by atoms with Gasteiger partial charge in [-0.2, -0.15) is 0 Å². The summed E-state index contributed by atoms with van der Waals surface area (Å²) >= 11 is 0. The van der Waals surface area contributed by atoms with Crippen LogP contribution in [0, 0.1) is 0 Å². The van der Waals surface area contributed by atoms with Crippen LogP contribution in [0.5, 0.6) is 0 Å². The van der Waals surface area contributed by atoms with Crippen LogP contribution in [-0.2, 0) is 17.6 Å². The molecular formula is C18H27N5O2. The summed E-state index contributed by atoms with van der Waals surface area (Å²) in [4.78, 5) is 23.2. The molecule has 2 rings (SSSR count). The van der Waals surface area contributed by atoms with Crippen LogP contribution in [0.2, 0.25) is 0 Å². The molecule has 1 aromatic heterocycles. The number of rotatable bonds is 5. The van der Waals surface area contributed by atoms with Crippen LogP contribution in [-0.4, -0.2) is 45.9 Å². The molecule has 0 aliphatic heterocycles. The summed E-state index contributed by atoms with van der Waals surface area (Å²) in [5.74, 6) is 1.04. The zero-order chi connectivity index (χ0) is 18.6. The molecule has 1 aliphatic carbocycles. The van der Waals surface area contributed by atoms with Gasteiger partial charge in [-0.15, -0.1) is 0 Å². The maximum atomic E-state index is 12.2. The van der Waals surface area contributed by atoms with E-state index in [9.17, 15) is 10.0 Å². The number of nitrogens with one attached hydrogen (secondary N) is 1. The lowest BCUT2D eigenvalue weighted by Gasteiger charge is -2.25. The molecule has 0 bridgehead atoms. The number of hydrogen-bond acceptors (Lipinski definition) is 6. The number of oxime groups is 1. The van der Waals surface area contributed by atoms with E-state index in [1.807, 2.05) is 39.6 Å². The van der Waals surface area contributed by atoms with E-state index in [-0.39, 0.29) is 18.0 Å². The molecule has 1 amide bonds. The van der Waals surface area contributed by atoms with Gasteiger partial charge in [0.2, 0.25) is 5.91 Å². The third-order valence-corrected chi connectivity index (χ3v) is 3.83. The number of likely N-dealkylation sites (N-methyl/N-ethyl adjacent to an activating group) is 1. The first-order valence-corrected chi connectivity index (χ1v) is 8.52. The van der Waals surface area contributed by atoms with E-state index >= 15 is 0 Å². The molecule has 1 aliphatic rings. The van der Waals surface area contributed by atoms with Crippen LogP contribution in [0.3, 0.4) is 0 Å². The molecule has 2 N–H and O–H groups in total. The summed E-state index contributed by atoms with van der Waals surface area (Å²) in [5, 5.41) is 15.5. The number of nitrogens with zero attached hydrogens (tertiary/aromatic N) is 4. The highest BCUT2D eigenvalue weighted by Gasteiger charge is 2.24. The van der Waals surface area contributed by atoms with Crippen molar-refractivity contribution in [1.82, 2.24) is 15.3 Å². The number of amides is 1. The maximum absolute atomic E-state index is 12.2. The van der Waals surface area contributed by atoms with E-state index < -0.39 is 0 Å². The molecule has 7 nitrogen and oxygen atoms in total. The Labute approximate surface area is 148 Å². The molecule has 0 radical (unpaired) electrons. The van der Waals surface area contributed by atoms with Crippen LogP contribution >= 0.6 is 0 Å². The maximum Gasteiger partial charge on any atom is 0.239 e. The molecule has 136 valence electrons. The number of hydrogen-bond donors (Lipinski definition) is 2. The monoisotopic (exact) mass is 345 g/mol. The molecule has 25 heavy (non-hydrogen) atoms. The summed E-state index contributed by atoms with van der Waals surface area (Å²) < 4.78 is 0. The topological polar surface area (TPSA) is 90.7 Å². The Balaban J connectivity index is 2.33. The Bertz CT molecular complexity index is 704. The van der Waals surface area contributed by atoms with Gasteiger partial charge >= 0.3 is 0 Å². The Morgan fingerprint density at radius 1 is 1.36 bits per heavy atom. The third-order valence-electron chi connectivity index (χ3n) is 3.83. The van der Waals surface area contributed by atoms with Gasteiger partial charge < -0.3 is 15.4 Å². The number of anilines is 1. The Morgan fingerprint density at radius 3 is 2.68 bits per heavy atom. The van der Waals surface area contributed by atoms with Gasteiger partial charge in [0, 0.05) is 23.8 Å². The van der Waals surface area contributed by atoms with Crippen molar-refractivity contribution in [2.24, 2.45) is 5.16 Å². The quantitative estimate of drug-likeness (QED) is 0.484. The molecule has 0 atom stereocenters. The Kier molecular flexibility index (Phi) is 5.77. The summed E-state index contributed by atoms with van der Waals surface area (Å²) in [6.07, 6.45) is 6.20. The molecule has 0 saturated heterocycles. The Morgan fingerprint density at radius 2 is 2.08 bits per heavy atom. The minimum Gasteiger partial charge on any atom is -0.410 e. The second-order valence-electron chi connectivity index (χ2n) is 7.29. The zero-order valence-electron chi connectivity index (χ0n) is 15.6. The number of aromatic nitrogens is 2. The predicted molar refractivity (Wildman–Crippen MR) is 98.4 cm³/mol. The normalized spacial score (nSPS) is 14.7. The zero-order valence-corrected chi connectivity index (χ0v) is 15.6. The number of carbonyl (C=O) groups excluding carboxylic acids is 1. The fraction of sp³-hybridized carbons (Fsp3) is 0.556. The third kappa shape index (κ3) is 4.78. The van der Waals surface area contributed by atoms with Gasteiger partial charge in [0.05, 0.1) is 6.54 Å². The second-order valence-corrected chi connectivity index (χ2v) is 7.29. The van der Waals surface area contributed by atoms with Crippen molar-refractivity contribution in [3.63, 3.8) is 0 Å². The van der Waals surface area contributed by atoms with Gasteiger partial charge in [0.15, 0.2) is 5.82 Å². The first kappa shape index (κ1) is 18.9. The summed E-state index contributed by atoms with van der Waals surface area (Å²) in [7, 11) is 1.85. The van der Waals surface area contributed by atoms with E-state index in [1.54, 1.807) is 12.2 Å². The van der Waals surface area contributed by atoms with Crippen molar-refractivity contribution in [1.29, 1.82) is 0 Å². The van der Waals surface area contributed by atoms with E-state index in [0.29, 0.717) is 11.5 Å². The van der Waals surface area contributed by atoms with Crippen molar-refractivity contribution in [3.05, 3.63) is 29.2 Å². The van der Waals surface area contributed by atoms with Gasteiger partial charge in [0.25, 0.3) is 0 Å². The average Bonchev–Trinajstić information content (AvgIpc) is 2.97. The lowest BCUT2D eigenvalue weighted by Crippen LogP contribution is -2.45. The highest BCUT2D eigenvalue weighted by atomic mass is 16.4. The van der Waals surface area contributed by atoms with E-state index in [4.69, 9.17) is 0 Å². The fourth-order valence-corrected chi connectivity index (χ4v) is 2.90. The van der Waals surface area contributed by atoms with Gasteiger partial charge in [-0.3, -0.25) is 4.79 Å². The summed E-state index contributed by atoms with van der Waals surface area (Å²) in [5.41, 5.74) is 2.08. The molecule has 0 aromatic carbocycles. The molecule has 1 heterocycles. The lowest BCUT2D eigenvalue weighted by atomic mass is 10.1. The van der Waals surface area contributed by atoms with E-state index in [0.717, 1.165) is 36.3 Å². The van der Waals surface area contributed by atoms with Crippen molar-refractivity contribution in [2.75, 3.05) is 18.5 Å². The first-order chi connectivity index (χ1) is 11.7. The highest BCUT2D eigenvalue weighted by Crippen LogP contribution is 2.28. The summed E-state index contributed by atoms with van der Waals surface area (Å²) in [6, 6.07) is 0. The van der Waals surface area contributed by atoms with Gasteiger partial charge in [-0.05, 0) is 53.0 Å². The standard InChI is InChI=1S/C18H27N5O2/c1-6-8-14(22-25)16-19-13-10-7-9-12(13)17(20-16)23(5)11-15(24)21-18(2,3)4/h6,8,25H,7,9-11H2,1-5H3,(H,21,24)/b8-6-,22-14+. The average molecular weight is 345 g/mol. The van der Waals surface area contributed by atoms with Crippen LogP contribution in [0.15, 0.2) is 17.3 Å². The minimum absolute atomic E-state index is 0.0635.